The van der Waals surface area contributed by atoms with Crippen LogP contribution in [0.2, 0.25) is 0 Å². The van der Waals surface area contributed by atoms with Crippen molar-refractivity contribution < 1.29 is 37.3 Å². The molecule has 0 spiro atoms. The number of carbonyl (C=O) groups is 2. The molecule has 0 aromatic heterocycles. The summed E-state index contributed by atoms with van der Waals surface area (Å²) in [5, 5.41) is 9.88. The summed E-state index contributed by atoms with van der Waals surface area (Å²) in [5.41, 5.74) is -5.10. The van der Waals surface area contributed by atoms with E-state index in [2.05, 4.69) is 0 Å². The van der Waals surface area contributed by atoms with E-state index in [1.807, 2.05) is 0 Å². The van der Waals surface area contributed by atoms with Crippen molar-refractivity contribution >= 4 is 12.1 Å². The molecule has 1 heterocycles. The fourth-order valence-corrected chi connectivity index (χ4v) is 2.18. The Labute approximate surface area is 138 Å². The topological polar surface area (TPSA) is 76.1 Å². The number of likely N-dealkylation sites (tertiary alicyclic amines) is 1. The molecule has 0 bridgehead atoms. The second-order valence-corrected chi connectivity index (χ2v) is 7.89. The fraction of sp³-hybridized carbons (Fsp3) is 0.867. The molecule has 0 aromatic carbocycles. The van der Waals surface area contributed by atoms with E-state index >= 15 is 0 Å². The Balaban J connectivity index is 3.11. The van der Waals surface area contributed by atoms with Gasteiger partial charge in [0.05, 0.1) is 6.54 Å². The highest BCUT2D eigenvalue weighted by molar-refractivity contribution is 5.83. The molecule has 0 aromatic rings. The predicted octanol–water partition coefficient (Wildman–Crippen LogP) is 2.63. The summed E-state index contributed by atoms with van der Waals surface area (Å²) in [7, 11) is 0. The highest BCUT2D eigenvalue weighted by Gasteiger charge is 2.63. The Morgan fingerprint density at radius 1 is 1.04 bits per heavy atom. The normalized spacial score (nSPS) is 25.6. The number of halogens is 3. The first-order chi connectivity index (χ1) is 10.5. The Hall–Kier alpha value is -1.51. The third-order valence-electron chi connectivity index (χ3n) is 3.17. The first-order valence-corrected chi connectivity index (χ1v) is 7.47. The van der Waals surface area contributed by atoms with Crippen LogP contribution in [0.5, 0.6) is 0 Å². The van der Waals surface area contributed by atoms with Gasteiger partial charge in [-0.1, -0.05) is 0 Å². The number of aliphatic hydroxyl groups is 1. The number of hydrogen-bond acceptors (Lipinski definition) is 5. The number of ether oxygens (including phenoxy) is 2. The number of esters is 1. The van der Waals surface area contributed by atoms with E-state index in [4.69, 9.17) is 9.47 Å². The molecule has 0 radical (unpaired) electrons. The lowest BCUT2D eigenvalue weighted by molar-refractivity contribution is -0.253. The summed E-state index contributed by atoms with van der Waals surface area (Å²) in [6.07, 6.45) is -7.10. The standard InChI is InChI=1S/C15H24F3NO5/c1-12(2,3)23-10(20)9-7-14(22,15(16,17)18)8-19(9)11(21)24-13(4,5)6/h9,22H,7-8H2,1-6H3/t9-,14?/m1/s1. The molecule has 24 heavy (non-hydrogen) atoms. The number of nitrogens with zero attached hydrogens (tertiary/aromatic N) is 1. The molecule has 9 heteroatoms. The number of alkyl halides is 3. The van der Waals surface area contributed by atoms with E-state index in [-0.39, 0.29) is 0 Å². The predicted molar refractivity (Wildman–Crippen MR) is 78.2 cm³/mol. The molecule has 1 rings (SSSR count). The quantitative estimate of drug-likeness (QED) is 0.732. The van der Waals surface area contributed by atoms with Crippen LogP contribution in [0.4, 0.5) is 18.0 Å². The molecule has 1 aliphatic heterocycles. The molecule has 1 amide bonds. The Bertz CT molecular complexity index is 469. The van der Waals surface area contributed by atoms with Gasteiger partial charge in [-0.05, 0) is 41.5 Å². The number of carbonyl (C=O) groups excluding carboxylic acids is 2. The van der Waals surface area contributed by atoms with Gasteiger partial charge in [0.25, 0.3) is 0 Å². The molecule has 0 saturated carbocycles. The Morgan fingerprint density at radius 2 is 1.50 bits per heavy atom. The van der Waals surface area contributed by atoms with Gasteiger partial charge >= 0.3 is 18.2 Å². The van der Waals surface area contributed by atoms with Gasteiger partial charge in [0.2, 0.25) is 0 Å². The monoisotopic (exact) mass is 355 g/mol. The van der Waals surface area contributed by atoms with Crippen LogP contribution in [0.3, 0.4) is 0 Å². The minimum absolute atomic E-state index is 0.576. The van der Waals surface area contributed by atoms with Gasteiger partial charge in [0.1, 0.15) is 17.2 Å². The zero-order chi connectivity index (χ0) is 19.1. The minimum Gasteiger partial charge on any atom is -0.458 e. The van der Waals surface area contributed by atoms with Gasteiger partial charge in [-0.25, -0.2) is 9.59 Å². The summed E-state index contributed by atoms with van der Waals surface area (Å²) in [6.45, 7) is 8.18. The van der Waals surface area contributed by atoms with Crippen molar-refractivity contribution in [2.75, 3.05) is 6.54 Å². The van der Waals surface area contributed by atoms with Crippen LogP contribution in [-0.2, 0) is 14.3 Å². The van der Waals surface area contributed by atoms with Crippen molar-refractivity contribution in [1.29, 1.82) is 0 Å². The van der Waals surface area contributed by atoms with Crippen molar-refractivity contribution in [3.05, 3.63) is 0 Å². The number of hydrogen-bond donors (Lipinski definition) is 1. The van der Waals surface area contributed by atoms with Crippen molar-refractivity contribution in [1.82, 2.24) is 4.90 Å². The largest absolute Gasteiger partial charge is 0.458 e. The van der Waals surface area contributed by atoms with E-state index in [0.29, 0.717) is 4.90 Å². The zero-order valence-corrected chi connectivity index (χ0v) is 14.7. The maximum absolute atomic E-state index is 13.1. The maximum Gasteiger partial charge on any atom is 0.419 e. The van der Waals surface area contributed by atoms with Gasteiger partial charge in [-0.3, -0.25) is 4.90 Å². The minimum atomic E-state index is -5.00. The fourth-order valence-electron chi connectivity index (χ4n) is 2.18. The van der Waals surface area contributed by atoms with Gasteiger partial charge in [-0.15, -0.1) is 0 Å². The van der Waals surface area contributed by atoms with Crippen molar-refractivity contribution in [3.8, 4) is 0 Å². The molecule has 1 saturated heterocycles. The van der Waals surface area contributed by atoms with Crippen LogP contribution in [0, 0.1) is 0 Å². The average Bonchev–Trinajstić information content (AvgIpc) is 2.63. The third-order valence-corrected chi connectivity index (χ3v) is 3.17. The van der Waals surface area contributed by atoms with Gasteiger partial charge in [-0.2, -0.15) is 13.2 Å². The van der Waals surface area contributed by atoms with Crippen molar-refractivity contribution in [2.45, 2.75) is 77.0 Å². The molecular weight excluding hydrogens is 331 g/mol. The highest BCUT2D eigenvalue weighted by atomic mass is 19.4. The van der Waals surface area contributed by atoms with Crippen LogP contribution >= 0.6 is 0 Å². The maximum atomic E-state index is 13.1. The van der Waals surface area contributed by atoms with Crippen molar-refractivity contribution in [2.24, 2.45) is 0 Å². The number of β-amino-alcohol motifs (C(OH)–C–C–N with tert-alkyl or cyclic N) is 1. The summed E-state index contributed by atoms with van der Waals surface area (Å²) >= 11 is 0. The van der Waals surface area contributed by atoms with Gasteiger partial charge < -0.3 is 14.6 Å². The van der Waals surface area contributed by atoms with E-state index in [9.17, 15) is 27.9 Å². The molecule has 140 valence electrons. The lowest BCUT2D eigenvalue weighted by atomic mass is 10.00. The number of amides is 1. The molecule has 0 aliphatic carbocycles. The second kappa shape index (κ2) is 6.09. The van der Waals surface area contributed by atoms with E-state index in [1.165, 1.54) is 0 Å². The summed E-state index contributed by atoms with van der Waals surface area (Å²) in [6, 6.07) is -1.58. The van der Waals surface area contributed by atoms with Gasteiger partial charge in [0, 0.05) is 6.42 Å². The third kappa shape index (κ3) is 4.99. The van der Waals surface area contributed by atoms with Crippen LogP contribution in [0.1, 0.15) is 48.0 Å². The number of rotatable bonds is 1. The second-order valence-electron chi connectivity index (χ2n) is 7.89. The molecule has 1 unspecified atom stereocenters. The van der Waals surface area contributed by atoms with E-state index in [1.54, 1.807) is 41.5 Å². The smallest absolute Gasteiger partial charge is 0.419 e. The first kappa shape index (κ1) is 20.5. The van der Waals surface area contributed by atoms with Gasteiger partial charge in [0.15, 0.2) is 5.60 Å². The SMILES string of the molecule is CC(C)(C)OC(=O)[C@H]1CC(O)(C(F)(F)F)CN1C(=O)OC(C)(C)C. The van der Waals surface area contributed by atoms with E-state index < -0.39 is 54.0 Å². The molecule has 1 aliphatic rings. The summed E-state index contributed by atoms with van der Waals surface area (Å²) < 4.78 is 49.5. The Morgan fingerprint density at radius 3 is 1.88 bits per heavy atom. The summed E-state index contributed by atoms with van der Waals surface area (Å²) in [5.74, 6) is -1.02. The van der Waals surface area contributed by atoms with Crippen molar-refractivity contribution in [3.63, 3.8) is 0 Å². The van der Waals surface area contributed by atoms with Crippen LogP contribution in [0.15, 0.2) is 0 Å². The molecule has 2 atom stereocenters. The Kier molecular flexibility index (Phi) is 5.21. The lowest BCUT2D eigenvalue weighted by Crippen LogP contribution is -2.48. The van der Waals surface area contributed by atoms with Crippen LogP contribution < -0.4 is 0 Å². The molecule has 1 N–H and O–H groups in total. The molecule has 1 fully saturated rings. The lowest BCUT2D eigenvalue weighted by Gasteiger charge is -2.29. The summed E-state index contributed by atoms with van der Waals surface area (Å²) in [4.78, 5) is 25.0. The zero-order valence-electron chi connectivity index (χ0n) is 14.7. The molecular formula is C15H24F3NO5. The van der Waals surface area contributed by atoms with Crippen LogP contribution in [0.25, 0.3) is 0 Å². The highest BCUT2D eigenvalue weighted by Crippen LogP contribution is 2.41. The average molecular weight is 355 g/mol. The first-order valence-electron chi connectivity index (χ1n) is 7.47. The van der Waals surface area contributed by atoms with Crippen LogP contribution in [-0.4, -0.2) is 57.6 Å². The van der Waals surface area contributed by atoms with E-state index in [0.717, 1.165) is 0 Å². The molecule has 6 nitrogen and oxygen atoms in total.